The minimum absolute atomic E-state index is 0.00114. The maximum Gasteiger partial charge on any atom is 0.254 e. The number of hydrogen-bond donors (Lipinski definition) is 0. The molecule has 0 N–H and O–H groups in total. The molecule has 0 spiro atoms. The third-order valence-electron chi connectivity index (χ3n) is 3.60. The lowest BCUT2D eigenvalue weighted by atomic mass is 10.1. The van der Waals surface area contributed by atoms with E-state index in [4.69, 9.17) is 16.3 Å². The van der Waals surface area contributed by atoms with Crippen molar-refractivity contribution in [1.82, 2.24) is 4.90 Å². The van der Waals surface area contributed by atoms with Crippen molar-refractivity contribution < 1.29 is 9.53 Å². The van der Waals surface area contributed by atoms with E-state index >= 15 is 0 Å². The van der Waals surface area contributed by atoms with Crippen LogP contribution in [0.5, 0.6) is 0 Å². The molecule has 1 amide bonds. The Morgan fingerprint density at radius 2 is 2.24 bits per heavy atom. The van der Waals surface area contributed by atoms with Gasteiger partial charge in [0, 0.05) is 29.9 Å². The van der Waals surface area contributed by atoms with Crippen LogP contribution in [0.3, 0.4) is 0 Å². The summed E-state index contributed by atoms with van der Waals surface area (Å²) in [4.78, 5) is 14.2. The van der Waals surface area contributed by atoms with Gasteiger partial charge >= 0.3 is 0 Å². The summed E-state index contributed by atoms with van der Waals surface area (Å²) in [5, 5.41) is 4.57. The van der Waals surface area contributed by atoms with Gasteiger partial charge in [0.2, 0.25) is 0 Å². The lowest BCUT2D eigenvalue weighted by Gasteiger charge is -2.33. The van der Waals surface area contributed by atoms with Crippen LogP contribution in [0.2, 0.25) is 5.02 Å². The summed E-state index contributed by atoms with van der Waals surface area (Å²) < 4.78 is 5.78. The van der Waals surface area contributed by atoms with Gasteiger partial charge in [0.1, 0.15) is 0 Å². The van der Waals surface area contributed by atoms with E-state index < -0.39 is 0 Å². The SMILES string of the molecule is O=C(c1ccsc1)N1CCO[C@@H](Cc2ccccc2Cl)C1. The van der Waals surface area contributed by atoms with Crippen molar-refractivity contribution >= 4 is 28.8 Å². The molecule has 3 nitrogen and oxygen atoms in total. The van der Waals surface area contributed by atoms with Gasteiger partial charge in [-0.3, -0.25) is 4.79 Å². The summed E-state index contributed by atoms with van der Waals surface area (Å²) in [6, 6.07) is 9.64. The Morgan fingerprint density at radius 1 is 1.38 bits per heavy atom. The number of halogens is 1. The number of thiophene rings is 1. The van der Waals surface area contributed by atoms with E-state index in [0.29, 0.717) is 19.7 Å². The van der Waals surface area contributed by atoms with Crippen LogP contribution in [0.1, 0.15) is 15.9 Å². The molecule has 21 heavy (non-hydrogen) atoms. The van der Waals surface area contributed by atoms with E-state index in [1.807, 2.05) is 46.0 Å². The van der Waals surface area contributed by atoms with Crippen molar-refractivity contribution in [2.75, 3.05) is 19.7 Å². The second-order valence-electron chi connectivity index (χ2n) is 5.05. The van der Waals surface area contributed by atoms with Crippen molar-refractivity contribution in [3.05, 3.63) is 57.2 Å². The van der Waals surface area contributed by atoms with E-state index in [1.54, 1.807) is 11.3 Å². The molecule has 0 radical (unpaired) electrons. The summed E-state index contributed by atoms with van der Waals surface area (Å²) in [6.07, 6.45) is 0.730. The fraction of sp³-hybridized carbons (Fsp3) is 0.312. The first-order valence-corrected chi connectivity index (χ1v) is 8.22. The van der Waals surface area contributed by atoms with Crippen LogP contribution in [-0.2, 0) is 11.2 Å². The first-order chi connectivity index (χ1) is 10.2. The highest BCUT2D eigenvalue weighted by Crippen LogP contribution is 2.20. The minimum Gasteiger partial charge on any atom is -0.374 e. The first kappa shape index (κ1) is 14.6. The van der Waals surface area contributed by atoms with Gasteiger partial charge in [0.25, 0.3) is 5.91 Å². The summed E-state index contributed by atoms with van der Waals surface area (Å²) in [5.74, 6) is 0.0868. The normalized spacial score (nSPS) is 18.7. The molecule has 3 rings (SSSR count). The van der Waals surface area contributed by atoms with E-state index in [2.05, 4.69) is 0 Å². The molecule has 1 saturated heterocycles. The molecule has 0 bridgehead atoms. The summed E-state index contributed by atoms with van der Waals surface area (Å²) in [7, 11) is 0. The first-order valence-electron chi connectivity index (χ1n) is 6.90. The predicted molar refractivity (Wildman–Crippen MR) is 85.1 cm³/mol. The molecule has 0 saturated carbocycles. The monoisotopic (exact) mass is 321 g/mol. The zero-order valence-electron chi connectivity index (χ0n) is 11.5. The molecule has 5 heteroatoms. The zero-order valence-corrected chi connectivity index (χ0v) is 13.1. The molecule has 1 aliphatic rings. The number of morpholine rings is 1. The second kappa shape index (κ2) is 6.60. The van der Waals surface area contributed by atoms with Gasteiger partial charge in [0.05, 0.1) is 18.3 Å². The average Bonchev–Trinajstić information content (AvgIpc) is 3.03. The number of carbonyl (C=O) groups excluding carboxylic acids is 1. The Balaban J connectivity index is 1.66. The Labute approximate surface area is 133 Å². The van der Waals surface area contributed by atoms with Gasteiger partial charge in [-0.15, -0.1) is 0 Å². The number of ether oxygens (including phenoxy) is 1. The third kappa shape index (κ3) is 3.46. The van der Waals surface area contributed by atoms with Gasteiger partial charge in [0.15, 0.2) is 0 Å². The zero-order chi connectivity index (χ0) is 14.7. The van der Waals surface area contributed by atoms with Gasteiger partial charge < -0.3 is 9.64 Å². The van der Waals surface area contributed by atoms with Gasteiger partial charge in [-0.05, 0) is 23.1 Å². The smallest absolute Gasteiger partial charge is 0.254 e. The molecular weight excluding hydrogens is 306 g/mol. The van der Waals surface area contributed by atoms with E-state index in [9.17, 15) is 4.79 Å². The average molecular weight is 322 g/mol. The second-order valence-corrected chi connectivity index (χ2v) is 6.24. The van der Waals surface area contributed by atoms with Crippen LogP contribution in [0.4, 0.5) is 0 Å². The number of nitrogens with zero attached hydrogens (tertiary/aromatic N) is 1. The van der Waals surface area contributed by atoms with Crippen LogP contribution in [-0.4, -0.2) is 36.6 Å². The Hall–Kier alpha value is -1.36. The quantitative estimate of drug-likeness (QED) is 0.866. The lowest BCUT2D eigenvalue weighted by molar-refractivity contribution is -0.0207. The Morgan fingerprint density at radius 3 is 3.00 bits per heavy atom. The maximum absolute atomic E-state index is 12.4. The Bertz CT molecular complexity index is 614. The van der Waals surface area contributed by atoms with Crippen molar-refractivity contribution in [3.63, 3.8) is 0 Å². The fourth-order valence-corrected chi connectivity index (χ4v) is 3.35. The molecule has 0 aliphatic carbocycles. The highest BCUT2D eigenvalue weighted by Gasteiger charge is 2.25. The number of benzene rings is 1. The third-order valence-corrected chi connectivity index (χ3v) is 4.65. The number of amides is 1. The van der Waals surface area contributed by atoms with Gasteiger partial charge in [-0.2, -0.15) is 11.3 Å². The van der Waals surface area contributed by atoms with Crippen molar-refractivity contribution in [2.24, 2.45) is 0 Å². The number of carbonyl (C=O) groups is 1. The van der Waals surface area contributed by atoms with E-state index in [-0.39, 0.29) is 12.0 Å². The summed E-state index contributed by atoms with van der Waals surface area (Å²) in [5.41, 5.74) is 1.83. The molecule has 2 heterocycles. The van der Waals surface area contributed by atoms with Gasteiger partial charge in [-0.25, -0.2) is 0 Å². The number of rotatable bonds is 3. The molecular formula is C16H16ClNO2S. The fourth-order valence-electron chi connectivity index (χ4n) is 2.51. The largest absolute Gasteiger partial charge is 0.374 e. The molecule has 0 unspecified atom stereocenters. The molecule has 1 aliphatic heterocycles. The standard InChI is InChI=1S/C16H16ClNO2S/c17-15-4-2-1-3-12(15)9-14-10-18(6-7-20-14)16(19)13-5-8-21-11-13/h1-5,8,11,14H,6-7,9-10H2/t14-/m0/s1. The lowest BCUT2D eigenvalue weighted by Crippen LogP contribution is -2.46. The molecule has 1 aromatic carbocycles. The molecule has 2 aromatic rings. The molecule has 110 valence electrons. The predicted octanol–water partition coefficient (Wildman–Crippen LogP) is 3.49. The van der Waals surface area contributed by atoms with Crippen LogP contribution in [0, 0.1) is 0 Å². The van der Waals surface area contributed by atoms with Crippen LogP contribution >= 0.6 is 22.9 Å². The van der Waals surface area contributed by atoms with Crippen molar-refractivity contribution in [3.8, 4) is 0 Å². The molecule has 1 fully saturated rings. The minimum atomic E-state index is 0.00114. The Kier molecular flexibility index (Phi) is 4.58. The summed E-state index contributed by atoms with van der Waals surface area (Å²) in [6.45, 7) is 1.83. The molecule has 1 atom stereocenters. The van der Waals surface area contributed by atoms with E-state index in [1.165, 1.54) is 0 Å². The van der Waals surface area contributed by atoms with Crippen LogP contribution < -0.4 is 0 Å². The highest BCUT2D eigenvalue weighted by molar-refractivity contribution is 7.08. The highest BCUT2D eigenvalue weighted by atomic mass is 35.5. The van der Waals surface area contributed by atoms with Crippen molar-refractivity contribution in [1.29, 1.82) is 0 Å². The summed E-state index contributed by atoms with van der Waals surface area (Å²) >= 11 is 7.73. The molecule has 1 aromatic heterocycles. The van der Waals surface area contributed by atoms with Crippen LogP contribution in [0.15, 0.2) is 41.1 Å². The maximum atomic E-state index is 12.4. The van der Waals surface area contributed by atoms with Gasteiger partial charge in [-0.1, -0.05) is 29.8 Å². The topological polar surface area (TPSA) is 29.5 Å². The van der Waals surface area contributed by atoms with E-state index in [0.717, 1.165) is 22.6 Å². The number of hydrogen-bond acceptors (Lipinski definition) is 3. The van der Waals surface area contributed by atoms with Crippen LogP contribution in [0.25, 0.3) is 0 Å². The van der Waals surface area contributed by atoms with Crippen molar-refractivity contribution in [2.45, 2.75) is 12.5 Å².